The maximum Gasteiger partial charge on any atom is 0.350 e. The second-order valence-corrected chi connectivity index (χ2v) is 6.04. The van der Waals surface area contributed by atoms with E-state index in [0.29, 0.717) is 0 Å². The van der Waals surface area contributed by atoms with E-state index in [9.17, 15) is 9.59 Å². The molecule has 2 rings (SSSR count). The lowest BCUT2D eigenvalue weighted by Gasteiger charge is -2.29. The zero-order valence-corrected chi connectivity index (χ0v) is 13.2. The van der Waals surface area contributed by atoms with Crippen LogP contribution < -0.4 is 5.32 Å². The molecule has 1 aromatic rings. The van der Waals surface area contributed by atoms with E-state index in [2.05, 4.69) is 11.9 Å². The van der Waals surface area contributed by atoms with Crippen LogP contribution in [0, 0.1) is 0 Å². The van der Waals surface area contributed by atoms with Gasteiger partial charge >= 0.3 is 11.9 Å². The number of carbonyl (C=O) groups excluding carboxylic acids is 2. The van der Waals surface area contributed by atoms with Gasteiger partial charge in [0.15, 0.2) is 5.57 Å². The topological polar surface area (TPSA) is 64.6 Å². The van der Waals surface area contributed by atoms with Crippen molar-refractivity contribution in [1.29, 1.82) is 0 Å². The summed E-state index contributed by atoms with van der Waals surface area (Å²) in [5.41, 5.74) is 0.620. The third-order valence-corrected chi connectivity index (χ3v) is 3.80. The molecule has 1 aliphatic rings. The van der Waals surface area contributed by atoms with Gasteiger partial charge in [-0.25, -0.2) is 9.59 Å². The minimum Gasteiger partial charge on any atom is -0.419 e. The Balaban J connectivity index is 2.16. The standard InChI is InChI=1S/C16H17NO4S/c1-4-9-22-13-8-6-5-7-12(13)17-10-11-14(18)20-16(2,3)21-15(11)19/h4-8,10,17H,1,9H2,2-3H3. The summed E-state index contributed by atoms with van der Waals surface area (Å²) in [4.78, 5) is 24.7. The first kappa shape index (κ1) is 16.2. The second-order valence-electron chi connectivity index (χ2n) is 4.98. The second kappa shape index (κ2) is 6.70. The Morgan fingerprint density at radius 1 is 1.23 bits per heavy atom. The minimum absolute atomic E-state index is 0.164. The van der Waals surface area contributed by atoms with Crippen molar-refractivity contribution in [3.63, 3.8) is 0 Å². The Bertz CT molecular complexity index is 615. The quantitative estimate of drug-likeness (QED) is 0.296. The lowest BCUT2D eigenvalue weighted by atomic mass is 10.2. The van der Waals surface area contributed by atoms with E-state index in [1.54, 1.807) is 17.8 Å². The molecule has 1 aromatic carbocycles. The molecule has 0 atom stereocenters. The summed E-state index contributed by atoms with van der Waals surface area (Å²) in [7, 11) is 0. The number of benzene rings is 1. The van der Waals surface area contributed by atoms with Gasteiger partial charge < -0.3 is 14.8 Å². The number of anilines is 1. The van der Waals surface area contributed by atoms with E-state index < -0.39 is 17.7 Å². The molecule has 0 radical (unpaired) electrons. The normalized spacial score (nSPS) is 16.5. The van der Waals surface area contributed by atoms with Crippen LogP contribution in [0.25, 0.3) is 0 Å². The number of nitrogens with one attached hydrogen (secondary N) is 1. The highest BCUT2D eigenvalue weighted by molar-refractivity contribution is 7.99. The number of thioether (sulfide) groups is 1. The van der Waals surface area contributed by atoms with Crippen LogP contribution in [0.4, 0.5) is 5.69 Å². The summed E-state index contributed by atoms with van der Waals surface area (Å²) in [5, 5.41) is 2.96. The number of hydrogen-bond donors (Lipinski definition) is 1. The molecule has 6 heteroatoms. The van der Waals surface area contributed by atoms with Gasteiger partial charge in [0, 0.05) is 30.7 Å². The summed E-state index contributed by atoms with van der Waals surface area (Å²) in [6, 6.07) is 7.57. The molecule has 0 saturated carbocycles. The monoisotopic (exact) mass is 319 g/mol. The van der Waals surface area contributed by atoms with Crippen LogP contribution in [0.3, 0.4) is 0 Å². The molecule has 0 amide bonds. The number of ether oxygens (including phenoxy) is 2. The molecule has 1 N–H and O–H groups in total. The van der Waals surface area contributed by atoms with Gasteiger partial charge in [-0.1, -0.05) is 18.2 Å². The molecule has 1 fully saturated rings. The van der Waals surface area contributed by atoms with Crippen LogP contribution in [0.1, 0.15) is 13.8 Å². The van der Waals surface area contributed by atoms with E-state index in [1.165, 1.54) is 20.0 Å². The molecule has 0 unspecified atom stereocenters. The lowest BCUT2D eigenvalue weighted by Crippen LogP contribution is -2.42. The third-order valence-electron chi connectivity index (χ3n) is 2.73. The molecular weight excluding hydrogens is 302 g/mol. The maximum absolute atomic E-state index is 11.8. The summed E-state index contributed by atoms with van der Waals surface area (Å²) >= 11 is 1.59. The summed E-state index contributed by atoms with van der Waals surface area (Å²) in [5.74, 6) is -1.88. The molecule has 5 nitrogen and oxygen atoms in total. The van der Waals surface area contributed by atoms with Crippen molar-refractivity contribution in [3.8, 4) is 0 Å². The van der Waals surface area contributed by atoms with E-state index >= 15 is 0 Å². The Labute approximate surface area is 133 Å². The lowest BCUT2D eigenvalue weighted by molar-refractivity contribution is -0.222. The van der Waals surface area contributed by atoms with Crippen molar-refractivity contribution in [3.05, 3.63) is 48.7 Å². The first-order valence-electron chi connectivity index (χ1n) is 6.69. The third kappa shape index (κ3) is 3.92. The number of para-hydroxylation sites is 1. The number of esters is 2. The van der Waals surface area contributed by atoms with Crippen molar-refractivity contribution < 1.29 is 19.1 Å². The smallest absolute Gasteiger partial charge is 0.350 e. The van der Waals surface area contributed by atoms with Crippen molar-refractivity contribution in [2.24, 2.45) is 0 Å². The van der Waals surface area contributed by atoms with E-state index in [4.69, 9.17) is 9.47 Å². The summed E-state index contributed by atoms with van der Waals surface area (Å²) in [6.45, 7) is 6.70. The van der Waals surface area contributed by atoms with Gasteiger partial charge in [0.2, 0.25) is 0 Å². The molecule has 0 spiro atoms. The number of carbonyl (C=O) groups is 2. The largest absolute Gasteiger partial charge is 0.419 e. The van der Waals surface area contributed by atoms with Gasteiger partial charge in [0.25, 0.3) is 5.79 Å². The van der Waals surface area contributed by atoms with Crippen molar-refractivity contribution in [1.82, 2.24) is 0 Å². The van der Waals surface area contributed by atoms with Crippen LogP contribution in [0.15, 0.2) is 53.6 Å². The van der Waals surface area contributed by atoms with Crippen LogP contribution >= 0.6 is 11.8 Å². The van der Waals surface area contributed by atoms with Crippen LogP contribution in [0.2, 0.25) is 0 Å². The molecule has 0 aromatic heterocycles. The average molecular weight is 319 g/mol. The molecule has 116 valence electrons. The van der Waals surface area contributed by atoms with Crippen molar-refractivity contribution in [2.45, 2.75) is 24.5 Å². The zero-order chi connectivity index (χ0) is 16.2. The van der Waals surface area contributed by atoms with Gasteiger partial charge in [-0.15, -0.1) is 18.3 Å². The maximum atomic E-state index is 11.8. The van der Waals surface area contributed by atoms with Gasteiger partial charge in [-0.2, -0.15) is 0 Å². The Kier molecular flexibility index (Phi) is 4.92. The highest BCUT2D eigenvalue weighted by Crippen LogP contribution is 2.28. The van der Waals surface area contributed by atoms with Crippen molar-refractivity contribution >= 4 is 29.4 Å². The zero-order valence-electron chi connectivity index (χ0n) is 12.4. The molecule has 0 aliphatic carbocycles. The summed E-state index contributed by atoms with van der Waals surface area (Å²) in [6.07, 6.45) is 3.12. The number of rotatable bonds is 5. The SMILES string of the molecule is C=CCSc1ccccc1NC=C1C(=O)OC(C)(C)OC1=O. The van der Waals surface area contributed by atoms with Crippen LogP contribution in [-0.2, 0) is 19.1 Å². The Hall–Kier alpha value is -2.21. The fourth-order valence-electron chi connectivity index (χ4n) is 1.79. The summed E-state index contributed by atoms with van der Waals surface area (Å²) < 4.78 is 10.1. The van der Waals surface area contributed by atoms with Crippen molar-refractivity contribution in [2.75, 3.05) is 11.1 Å². The van der Waals surface area contributed by atoms with E-state index in [-0.39, 0.29) is 5.57 Å². The predicted octanol–water partition coefficient (Wildman–Crippen LogP) is 3.10. The van der Waals surface area contributed by atoms with Crippen LogP contribution in [-0.4, -0.2) is 23.5 Å². The van der Waals surface area contributed by atoms with E-state index in [0.717, 1.165) is 16.3 Å². The molecular formula is C16H17NO4S. The van der Waals surface area contributed by atoms with Crippen LogP contribution in [0.5, 0.6) is 0 Å². The first-order valence-corrected chi connectivity index (χ1v) is 7.67. The van der Waals surface area contributed by atoms with Gasteiger partial charge in [-0.3, -0.25) is 0 Å². The van der Waals surface area contributed by atoms with Gasteiger partial charge in [0.1, 0.15) is 0 Å². The fraction of sp³-hybridized carbons (Fsp3) is 0.250. The van der Waals surface area contributed by atoms with Gasteiger partial charge in [-0.05, 0) is 12.1 Å². The van der Waals surface area contributed by atoms with Gasteiger partial charge in [0.05, 0.1) is 5.69 Å². The molecule has 1 aliphatic heterocycles. The predicted molar refractivity (Wildman–Crippen MR) is 85.3 cm³/mol. The molecule has 1 heterocycles. The molecule has 22 heavy (non-hydrogen) atoms. The first-order chi connectivity index (χ1) is 10.4. The highest BCUT2D eigenvalue weighted by Gasteiger charge is 2.38. The number of hydrogen-bond acceptors (Lipinski definition) is 6. The average Bonchev–Trinajstić information content (AvgIpc) is 2.44. The van der Waals surface area contributed by atoms with E-state index in [1.807, 2.05) is 24.3 Å². The number of cyclic esters (lactones) is 2. The molecule has 0 bridgehead atoms. The fourth-order valence-corrected chi connectivity index (χ4v) is 2.54. The Morgan fingerprint density at radius 2 is 1.86 bits per heavy atom. The Morgan fingerprint density at radius 3 is 2.50 bits per heavy atom. The highest BCUT2D eigenvalue weighted by atomic mass is 32.2. The minimum atomic E-state index is -1.23. The molecule has 1 saturated heterocycles.